The lowest BCUT2D eigenvalue weighted by molar-refractivity contribution is 0.102. The molecule has 2 rings (SSSR count). The summed E-state index contributed by atoms with van der Waals surface area (Å²) in [7, 11) is 1.61. The van der Waals surface area contributed by atoms with E-state index >= 15 is 0 Å². The number of phenolic OH excluding ortho intramolecular Hbond substituents is 2. The van der Waals surface area contributed by atoms with Gasteiger partial charge >= 0.3 is 0 Å². The predicted molar refractivity (Wildman–Crippen MR) is 65.6 cm³/mol. The number of aryl methyl sites for hydroxylation is 1. The standard InChI is InChI=1S/C12H10N4O3/c1-16-6-7(5-13)11(15-16)14-12(19)8-3-2-4-9(17)10(8)18/h2-4,6,17-18H,1H3,(H,14,15,19). The van der Waals surface area contributed by atoms with Crippen LogP contribution in [0, 0.1) is 11.3 Å². The molecule has 19 heavy (non-hydrogen) atoms. The quantitative estimate of drug-likeness (QED) is 0.694. The maximum atomic E-state index is 11.9. The third kappa shape index (κ3) is 2.32. The molecule has 0 radical (unpaired) electrons. The number of nitriles is 1. The van der Waals surface area contributed by atoms with Gasteiger partial charge in [-0.1, -0.05) is 6.07 Å². The molecule has 0 spiro atoms. The molecule has 0 saturated heterocycles. The van der Waals surface area contributed by atoms with Crippen LogP contribution in [0.25, 0.3) is 0 Å². The van der Waals surface area contributed by atoms with Crippen molar-refractivity contribution in [2.24, 2.45) is 7.05 Å². The Labute approximate surface area is 108 Å². The first-order valence-electron chi connectivity index (χ1n) is 5.29. The molecule has 1 heterocycles. The highest BCUT2D eigenvalue weighted by molar-refractivity contribution is 6.06. The molecule has 1 aromatic heterocycles. The van der Waals surface area contributed by atoms with Gasteiger partial charge in [0.05, 0.1) is 5.56 Å². The molecule has 0 aliphatic heterocycles. The molecule has 0 unspecified atom stereocenters. The van der Waals surface area contributed by atoms with Crippen molar-refractivity contribution in [3.63, 3.8) is 0 Å². The lowest BCUT2D eigenvalue weighted by Gasteiger charge is -2.05. The molecule has 0 saturated carbocycles. The summed E-state index contributed by atoms with van der Waals surface area (Å²) in [5.41, 5.74) is 0.102. The van der Waals surface area contributed by atoms with Crippen LogP contribution < -0.4 is 5.32 Å². The molecule has 1 amide bonds. The summed E-state index contributed by atoms with van der Waals surface area (Å²) in [6.45, 7) is 0. The number of rotatable bonds is 2. The number of hydrogen-bond acceptors (Lipinski definition) is 5. The van der Waals surface area contributed by atoms with Crippen LogP contribution in [-0.2, 0) is 7.05 Å². The van der Waals surface area contributed by atoms with Gasteiger partial charge < -0.3 is 15.5 Å². The van der Waals surface area contributed by atoms with Gasteiger partial charge in [-0.3, -0.25) is 9.48 Å². The van der Waals surface area contributed by atoms with Gasteiger partial charge in [0.25, 0.3) is 5.91 Å². The van der Waals surface area contributed by atoms with Gasteiger partial charge in [-0.05, 0) is 12.1 Å². The molecule has 0 bridgehead atoms. The van der Waals surface area contributed by atoms with E-state index in [1.54, 1.807) is 7.05 Å². The number of anilines is 1. The number of aromatic nitrogens is 2. The van der Waals surface area contributed by atoms with Crippen LogP contribution >= 0.6 is 0 Å². The van der Waals surface area contributed by atoms with E-state index in [-0.39, 0.29) is 16.9 Å². The highest BCUT2D eigenvalue weighted by Gasteiger charge is 2.17. The Kier molecular flexibility index (Phi) is 3.08. The second kappa shape index (κ2) is 4.70. The van der Waals surface area contributed by atoms with Gasteiger partial charge in [0.2, 0.25) is 0 Å². The summed E-state index contributed by atoms with van der Waals surface area (Å²) in [5.74, 6) is -1.48. The fourth-order valence-corrected chi connectivity index (χ4v) is 1.55. The van der Waals surface area contributed by atoms with Crippen molar-refractivity contribution in [2.75, 3.05) is 5.32 Å². The summed E-state index contributed by atoms with van der Waals surface area (Å²) < 4.78 is 1.39. The second-order valence-corrected chi connectivity index (χ2v) is 3.80. The smallest absolute Gasteiger partial charge is 0.260 e. The van der Waals surface area contributed by atoms with E-state index in [1.807, 2.05) is 6.07 Å². The van der Waals surface area contributed by atoms with Crippen molar-refractivity contribution in [2.45, 2.75) is 0 Å². The van der Waals surface area contributed by atoms with Crippen LogP contribution in [0.15, 0.2) is 24.4 Å². The zero-order chi connectivity index (χ0) is 14.0. The highest BCUT2D eigenvalue weighted by atomic mass is 16.3. The highest BCUT2D eigenvalue weighted by Crippen LogP contribution is 2.28. The summed E-state index contributed by atoms with van der Waals surface area (Å²) in [5, 5.41) is 34.1. The number of nitrogens with zero attached hydrogens (tertiary/aromatic N) is 3. The van der Waals surface area contributed by atoms with E-state index in [0.717, 1.165) is 0 Å². The minimum Gasteiger partial charge on any atom is -0.504 e. The Bertz CT molecular complexity index is 685. The molecule has 3 N–H and O–H groups in total. The van der Waals surface area contributed by atoms with Crippen molar-refractivity contribution in [1.29, 1.82) is 5.26 Å². The van der Waals surface area contributed by atoms with Crippen LogP contribution in [0.1, 0.15) is 15.9 Å². The third-order valence-corrected chi connectivity index (χ3v) is 2.44. The molecule has 0 aliphatic carbocycles. The van der Waals surface area contributed by atoms with Gasteiger partial charge in [-0.25, -0.2) is 0 Å². The summed E-state index contributed by atoms with van der Waals surface area (Å²) in [6.07, 6.45) is 1.46. The van der Waals surface area contributed by atoms with Crippen molar-refractivity contribution in [3.05, 3.63) is 35.5 Å². The Hall–Kier alpha value is -3.01. The number of para-hydroxylation sites is 1. The van der Waals surface area contributed by atoms with Crippen molar-refractivity contribution in [1.82, 2.24) is 9.78 Å². The first kappa shape index (κ1) is 12.4. The minimum atomic E-state index is -0.663. The van der Waals surface area contributed by atoms with Crippen LogP contribution in [0.5, 0.6) is 11.5 Å². The second-order valence-electron chi connectivity index (χ2n) is 3.80. The first-order valence-corrected chi connectivity index (χ1v) is 5.29. The third-order valence-electron chi connectivity index (χ3n) is 2.44. The molecular formula is C12H10N4O3. The molecule has 2 aromatic rings. The van der Waals surface area contributed by atoms with Crippen molar-refractivity contribution < 1.29 is 15.0 Å². The normalized spacial score (nSPS) is 9.89. The lowest BCUT2D eigenvalue weighted by atomic mass is 10.1. The Morgan fingerprint density at radius 1 is 1.47 bits per heavy atom. The van der Waals surface area contributed by atoms with E-state index in [0.29, 0.717) is 0 Å². The average molecular weight is 258 g/mol. The zero-order valence-corrected chi connectivity index (χ0v) is 9.95. The Balaban J connectivity index is 2.31. The van der Waals surface area contributed by atoms with Crippen molar-refractivity contribution in [3.8, 4) is 17.6 Å². The molecular weight excluding hydrogens is 248 g/mol. The molecule has 0 fully saturated rings. The number of nitrogens with one attached hydrogen (secondary N) is 1. The number of benzene rings is 1. The monoisotopic (exact) mass is 258 g/mol. The first-order chi connectivity index (χ1) is 9.02. The number of phenols is 2. The largest absolute Gasteiger partial charge is 0.504 e. The molecule has 0 aliphatic rings. The van der Waals surface area contributed by atoms with Gasteiger partial charge in [-0.2, -0.15) is 10.4 Å². The zero-order valence-electron chi connectivity index (χ0n) is 9.95. The molecule has 96 valence electrons. The van der Waals surface area contributed by atoms with E-state index in [2.05, 4.69) is 10.4 Å². The maximum Gasteiger partial charge on any atom is 0.260 e. The van der Waals surface area contributed by atoms with Crippen LogP contribution in [0.4, 0.5) is 5.82 Å². The fraction of sp³-hybridized carbons (Fsp3) is 0.0833. The fourth-order valence-electron chi connectivity index (χ4n) is 1.55. The summed E-state index contributed by atoms with van der Waals surface area (Å²) in [4.78, 5) is 11.9. The molecule has 7 nitrogen and oxygen atoms in total. The van der Waals surface area contributed by atoms with Gasteiger partial charge in [-0.15, -0.1) is 0 Å². The number of aromatic hydroxyl groups is 2. The maximum absolute atomic E-state index is 11.9. The molecule has 0 atom stereocenters. The van der Waals surface area contributed by atoms with Gasteiger partial charge in [0.15, 0.2) is 17.3 Å². The minimum absolute atomic E-state index is 0.0951. The van der Waals surface area contributed by atoms with Gasteiger partial charge in [0, 0.05) is 13.2 Å². The predicted octanol–water partition coefficient (Wildman–Crippen LogP) is 0.955. The van der Waals surface area contributed by atoms with Crippen molar-refractivity contribution >= 4 is 11.7 Å². The van der Waals surface area contributed by atoms with E-state index in [1.165, 1.54) is 29.1 Å². The number of amides is 1. The number of hydrogen-bond donors (Lipinski definition) is 3. The van der Waals surface area contributed by atoms with E-state index in [4.69, 9.17) is 5.26 Å². The van der Waals surface area contributed by atoms with Crippen LogP contribution in [-0.4, -0.2) is 25.9 Å². The average Bonchev–Trinajstić information content (AvgIpc) is 2.72. The summed E-state index contributed by atoms with van der Waals surface area (Å²) >= 11 is 0. The molecule has 7 heteroatoms. The number of carbonyl (C=O) groups is 1. The molecule has 1 aromatic carbocycles. The van der Waals surface area contributed by atoms with Crippen LogP contribution in [0.2, 0.25) is 0 Å². The summed E-state index contributed by atoms with van der Waals surface area (Å²) in [6, 6.07) is 5.92. The SMILES string of the molecule is Cn1cc(C#N)c(NC(=O)c2cccc(O)c2O)n1. The van der Waals surface area contributed by atoms with Crippen LogP contribution in [0.3, 0.4) is 0 Å². The van der Waals surface area contributed by atoms with Gasteiger partial charge in [0.1, 0.15) is 11.6 Å². The lowest BCUT2D eigenvalue weighted by Crippen LogP contribution is -2.13. The topological polar surface area (TPSA) is 111 Å². The Morgan fingerprint density at radius 2 is 2.21 bits per heavy atom. The van der Waals surface area contributed by atoms with E-state index < -0.39 is 17.4 Å². The Morgan fingerprint density at radius 3 is 2.89 bits per heavy atom. The number of carbonyl (C=O) groups excluding carboxylic acids is 1. The van der Waals surface area contributed by atoms with E-state index in [9.17, 15) is 15.0 Å².